The first-order valence-corrected chi connectivity index (χ1v) is 8.63. The maximum atomic E-state index is 10.5. The monoisotopic (exact) mass is 442 g/mol. The zero-order valence-corrected chi connectivity index (χ0v) is 16.2. The molecule has 0 fully saturated rings. The molecule has 0 aliphatic rings. The number of carboxylic acid groups (broad SMARTS) is 4. The molecule has 0 saturated heterocycles. The van der Waals surface area contributed by atoms with Gasteiger partial charge in [0.1, 0.15) is 11.5 Å². The number of hydrogen-bond donors (Lipinski definition) is 6. The van der Waals surface area contributed by atoms with Crippen molar-refractivity contribution in [3.05, 3.63) is 95.1 Å². The molecule has 10 heteroatoms. The lowest BCUT2D eigenvalue weighted by Gasteiger charge is -1.98. The molecular weight excluding hydrogens is 424 g/mol. The summed E-state index contributed by atoms with van der Waals surface area (Å²) in [7, 11) is 0. The van der Waals surface area contributed by atoms with Crippen molar-refractivity contribution in [3.63, 3.8) is 0 Å². The normalized spacial score (nSPS) is 9.25. The fraction of sp³-hybridized carbons (Fsp3) is 0. The number of benzene rings is 3. The van der Waals surface area contributed by atoms with E-state index in [0.717, 1.165) is 0 Å². The lowest BCUT2D eigenvalue weighted by Crippen LogP contribution is -2.06. The van der Waals surface area contributed by atoms with Crippen LogP contribution in [0.5, 0.6) is 11.5 Å². The third-order valence-corrected chi connectivity index (χ3v) is 3.63. The van der Waals surface area contributed by atoms with Crippen LogP contribution in [0.3, 0.4) is 0 Å². The van der Waals surface area contributed by atoms with Crippen molar-refractivity contribution in [1.29, 1.82) is 0 Å². The van der Waals surface area contributed by atoms with Crippen LogP contribution < -0.4 is 0 Å². The fourth-order valence-electron chi connectivity index (χ4n) is 2.16. The van der Waals surface area contributed by atoms with Crippen LogP contribution >= 0.6 is 0 Å². The minimum Gasteiger partial charge on any atom is -0.508 e. The van der Waals surface area contributed by atoms with Gasteiger partial charge in [0, 0.05) is 0 Å². The molecule has 0 aromatic heterocycles. The van der Waals surface area contributed by atoms with Crippen LogP contribution in [-0.4, -0.2) is 54.5 Å². The van der Waals surface area contributed by atoms with E-state index in [9.17, 15) is 19.2 Å². The van der Waals surface area contributed by atoms with Crippen molar-refractivity contribution < 1.29 is 49.8 Å². The Kier molecular flexibility index (Phi) is 9.42. The number of aromatic hydroxyl groups is 2. The molecule has 0 heterocycles. The lowest BCUT2D eigenvalue weighted by molar-refractivity contribution is 0.0651. The summed E-state index contributed by atoms with van der Waals surface area (Å²) in [6.45, 7) is 0. The van der Waals surface area contributed by atoms with E-state index in [1.54, 1.807) is 0 Å². The number of rotatable bonds is 4. The van der Waals surface area contributed by atoms with Crippen molar-refractivity contribution in [3.8, 4) is 11.5 Å². The van der Waals surface area contributed by atoms with Crippen molar-refractivity contribution in [2.45, 2.75) is 0 Å². The minimum atomic E-state index is -1.23. The number of aromatic carboxylic acids is 4. The van der Waals surface area contributed by atoms with Gasteiger partial charge in [-0.15, -0.1) is 0 Å². The van der Waals surface area contributed by atoms with Gasteiger partial charge in [0.25, 0.3) is 0 Å². The van der Waals surface area contributed by atoms with Gasteiger partial charge >= 0.3 is 23.9 Å². The summed E-state index contributed by atoms with van der Waals surface area (Å²) < 4.78 is 0. The molecule has 0 aliphatic heterocycles. The molecule has 0 spiro atoms. The Morgan fingerprint density at radius 1 is 0.406 bits per heavy atom. The van der Waals surface area contributed by atoms with Crippen LogP contribution in [0.2, 0.25) is 0 Å². The summed E-state index contributed by atoms with van der Waals surface area (Å²) in [5.41, 5.74) is -0.759. The van der Waals surface area contributed by atoms with Crippen LogP contribution in [0.1, 0.15) is 41.4 Å². The first-order valence-electron chi connectivity index (χ1n) is 8.63. The Morgan fingerprint density at radius 2 is 0.594 bits per heavy atom. The van der Waals surface area contributed by atoms with E-state index in [-0.39, 0.29) is 33.8 Å². The Labute approximate surface area is 180 Å². The van der Waals surface area contributed by atoms with E-state index in [1.165, 1.54) is 72.8 Å². The van der Waals surface area contributed by atoms with Gasteiger partial charge in [-0.3, -0.25) is 0 Å². The number of carbonyl (C=O) groups is 4. The highest BCUT2D eigenvalue weighted by Gasteiger charge is 2.14. The average molecular weight is 442 g/mol. The van der Waals surface area contributed by atoms with E-state index in [4.69, 9.17) is 30.6 Å². The van der Waals surface area contributed by atoms with Gasteiger partial charge in [-0.05, 0) is 48.5 Å². The highest BCUT2D eigenvalue weighted by Crippen LogP contribution is 2.13. The predicted octanol–water partition coefficient (Wildman–Crippen LogP) is 3.26. The van der Waals surface area contributed by atoms with E-state index >= 15 is 0 Å². The first-order chi connectivity index (χ1) is 15.0. The third kappa shape index (κ3) is 7.87. The molecule has 10 nitrogen and oxygen atoms in total. The topological polar surface area (TPSA) is 190 Å². The largest absolute Gasteiger partial charge is 0.508 e. The fourth-order valence-corrected chi connectivity index (χ4v) is 2.16. The molecule has 0 amide bonds. The van der Waals surface area contributed by atoms with Crippen LogP contribution in [0, 0.1) is 0 Å². The highest BCUT2D eigenvalue weighted by molar-refractivity contribution is 6.02. The lowest BCUT2D eigenvalue weighted by atomic mass is 10.1. The summed E-state index contributed by atoms with van der Waals surface area (Å²) >= 11 is 0. The zero-order chi connectivity index (χ0) is 24.3. The van der Waals surface area contributed by atoms with Gasteiger partial charge in [-0.1, -0.05) is 24.3 Å². The van der Waals surface area contributed by atoms with Gasteiger partial charge < -0.3 is 30.6 Å². The van der Waals surface area contributed by atoms with Crippen molar-refractivity contribution in [2.75, 3.05) is 0 Å². The smallest absolute Gasteiger partial charge is 0.336 e. The van der Waals surface area contributed by atoms with E-state index in [1.807, 2.05) is 0 Å². The van der Waals surface area contributed by atoms with Gasteiger partial charge in [-0.2, -0.15) is 0 Å². The number of carboxylic acids is 4. The number of phenols is 2. The van der Waals surface area contributed by atoms with E-state index in [2.05, 4.69) is 0 Å². The second kappa shape index (κ2) is 12.0. The third-order valence-electron chi connectivity index (χ3n) is 3.63. The Balaban J connectivity index is 0.000000245. The quantitative estimate of drug-likeness (QED) is 0.327. The molecule has 6 N–H and O–H groups in total. The molecular formula is C22H18O10. The molecule has 0 bridgehead atoms. The molecule has 0 aliphatic carbocycles. The van der Waals surface area contributed by atoms with Crippen LogP contribution in [-0.2, 0) is 0 Å². The predicted molar refractivity (Wildman–Crippen MR) is 110 cm³/mol. The van der Waals surface area contributed by atoms with E-state index in [0.29, 0.717) is 0 Å². The molecule has 0 saturated carbocycles. The molecule has 3 aromatic rings. The van der Waals surface area contributed by atoms with Crippen molar-refractivity contribution >= 4 is 23.9 Å². The highest BCUT2D eigenvalue weighted by atomic mass is 16.4. The summed E-state index contributed by atoms with van der Waals surface area (Å²) in [5, 5.41) is 51.5. The van der Waals surface area contributed by atoms with Crippen molar-refractivity contribution in [2.24, 2.45) is 0 Å². The minimum absolute atomic E-state index is 0.169. The van der Waals surface area contributed by atoms with Crippen LogP contribution in [0.4, 0.5) is 0 Å². The van der Waals surface area contributed by atoms with Gasteiger partial charge in [0.2, 0.25) is 0 Å². The number of phenolic OH excluding ortho intramolecular Hbond substituents is 2. The summed E-state index contributed by atoms with van der Waals surface area (Å²) in [6.07, 6.45) is 0. The SMILES string of the molecule is O=C(O)c1ccccc1C(=O)O.O=C(O)c1ccccc1C(=O)O.Oc1ccc(O)cc1. The molecule has 0 unspecified atom stereocenters. The summed E-state index contributed by atoms with van der Waals surface area (Å²) in [6, 6.07) is 16.7. The second-order valence-corrected chi connectivity index (χ2v) is 5.83. The molecule has 166 valence electrons. The molecule has 32 heavy (non-hydrogen) atoms. The maximum Gasteiger partial charge on any atom is 0.336 e. The number of hydrogen-bond acceptors (Lipinski definition) is 6. The van der Waals surface area contributed by atoms with Crippen LogP contribution in [0.25, 0.3) is 0 Å². The Bertz CT molecular complexity index is 949. The molecule has 3 aromatic carbocycles. The van der Waals surface area contributed by atoms with Crippen molar-refractivity contribution in [1.82, 2.24) is 0 Å². The Morgan fingerprint density at radius 3 is 0.750 bits per heavy atom. The second-order valence-electron chi connectivity index (χ2n) is 5.83. The molecule has 3 rings (SSSR count). The van der Waals surface area contributed by atoms with Gasteiger partial charge in [0.05, 0.1) is 22.3 Å². The summed E-state index contributed by atoms with van der Waals surface area (Å²) in [4.78, 5) is 41.9. The average Bonchev–Trinajstić information content (AvgIpc) is 2.76. The Hall–Kier alpha value is -4.86. The van der Waals surface area contributed by atoms with E-state index < -0.39 is 23.9 Å². The van der Waals surface area contributed by atoms with Gasteiger partial charge in [0.15, 0.2) is 0 Å². The van der Waals surface area contributed by atoms with Crippen LogP contribution in [0.15, 0.2) is 72.8 Å². The standard InChI is InChI=1S/2C8H6O4.C6H6O2/c2*9-7(10)5-3-1-2-4-6(5)8(11)12;7-5-1-2-6(8)4-3-5/h2*1-4H,(H,9,10)(H,11,12);1-4,7-8H. The zero-order valence-electron chi connectivity index (χ0n) is 16.2. The summed E-state index contributed by atoms with van der Waals surface area (Å²) in [5.74, 6) is -4.58. The van der Waals surface area contributed by atoms with Gasteiger partial charge in [-0.25, -0.2) is 19.2 Å². The first kappa shape index (κ1) is 25.2. The molecule has 0 radical (unpaired) electrons. The molecule has 0 atom stereocenters. The maximum absolute atomic E-state index is 10.5.